The first kappa shape index (κ1) is 12.8. The van der Waals surface area contributed by atoms with Gasteiger partial charge < -0.3 is 4.74 Å². The highest BCUT2D eigenvalue weighted by atomic mass is 19.4. The van der Waals surface area contributed by atoms with Crippen molar-refractivity contribution in [2.75, 3.05) is 7.11 Å². The largest absolute Gasteiger partial charge is 0.490 e. The Hall–Kier alpha value is -1.27. The maximum atomic E-state index is 13.6. The number of hydrogen-bond acceptors (Lipinski definition) is 2. The normalized spacial score (nSPS) is 13.0. The lowest BCUT2D eigenvalue weighted by atomic mass is 10.1. The van der Waals surface area contributed by atoms with Crippen LogP contribution in [0.2, 0.25) is 0 Å². The molecule has 0 fully saturated rings. The molecule has 3 nitrogen and oxygen atoms in total. The van der Waals surface area contributed by atoms with Crippen LogP contribution in [0.4, 0.5) is 17.6 Å². The predicted molar refractivity (Wildman–Crippen MR) is 48.7 cm³/mol. The fourth-order valence-electron chi connectivity index (χ4n) is 1.19. The van der Waals surface area contributed by atoms with Gasteiger partial charge in [-0.15, -0.1) is 0 Å². The Morgan fingerprint density at radius 3 is 1.94 bits per heavy atom. The summed E-state index contributed by atoms with van der Waals surface area (Å²) in [4.78, 5) is 0. The molecule has 16 heavy (non-hydrogen) atoms. The molecule has 0 radical (unpaired) electrons. The number of halogens is 4. The Labute approximate surface area is 90.0 Å². The Morgan fingerprint density at radius 1 is 1.19 bits per heavy atom. The van der Waals surface area contributed by atoms with E-state index in [1.165, 1.54) is 0 Å². The molecule has 0 aliphatic rings. The first-order valence-electron chi connectivity index (χ1n) is 4.49. The third kappa shape index (κ3) is 2.12. The van der Waals surface area contributed by atoms with Crippen LogP contribution in [-0.2, 0) is 11.7 Å². The van der Waals surface area contributed by atoms with E-state index in [4.69, 9.17) is 0 Å². The molecular weight excluding hydrogens is 228 g/mol. The predicted octanol–water partition coefficient (Wildman–Crippen LogP) is 2.80. The van der Waals surface area contributed by atoms with Gasteiger partial charge in [0.1, 0.15) is 0 Å². The zero-order valence-corrected chi connectivity index (χ0v) is 9.31. The second kappa shape index (κ2) is 3.64. The number of methoxy groups -OCH3 is 1. The van der Waals surface area contributed by atoms with Crippen LogP contribution in [0.15, 0.2) is 0 Å². The summed E-state index contributed by atoms with van der Waals surface area (Å²) in [7, 11) is 0.975. The summed E-state index contributed by atoms with van der Waals surface area (Å²) in [6.07, 6.45) is -4.73. The second-order valence-corrected chi connectivity index (χ2v) is 4.25. The van der Waals surface area contributed by atoms with Gasteiger partial charge in [0.25, 0.3) is 5.95 Å². The van der Waals surface area contributed by atoms with Crippen molar-refractivity contribution in [1.29, 1.82) is 0 Å². The molecule has 1 aromatic rings. The van der Waals surface area contributed by atoms with Crippen LogP contribution < -0.4 is 4.74 Å². The molecule has 0 N–H and O–H groups in total. The van der Waals surface area contributed by atoms with Gasteiger partial charge in [0.15, 0.2) is 0 Å². The van der Waals surface area contributed by atoms with E-state index in [0.717, 1.165) is 7.11 Å². The number of rotatable bonds is 1. The molecule has 7 heteroatoms. The first-order valence-corrected chi connectivity index (χ1v) is 4.49. The highest BCUT2D eigenvalue weighted by molar-refractivity contribution is 5.29. The molecule has 92 valence electrons. The van der Waals surface area contributed by atoms with E-state index in [1.54, 1.807) is 20.8 Å². The third-order valence-corrected chi connectivity index (χ3v) is 1.90. The molecule has 0 atom stereocenters. The average Bonchev–Trinajstić information content (AvgIpc) is 2.40. The van der Waals surface area contributed by atoms with Gasteiger partial charge in [-0.1, -0.05) is 0 Å². The summed E-state index contributed by atoms with van der Waals surface area (Å²) in [5, 5.41) is 3.21. The summed E-state index contributed by atoms with van der Waals surface area (Å²) in [5.41, 5.74) is -2.23. The molecular formula is C9H12F4N2O. The highest BCUT2D eigenvalue weighted by Crippen LogP contribution is 2.38. The minimum atomic E-state index is -4.73. The molecule has 0 aromatic carbocycles. The van der Waals surface area contributed by atoms with E-state index < -0.39 is 29.1 Å². The van der Waals surface area contributed by atoms with E-state index in [0.29, 0.717) is 4.68 Å². The SMILES string of the molecule is COc1c(C(F)(F)F)nn(C(C)(C)C)c1F. The van der Waals surface area contributed by atoms with Gasteiger partial charge >= 0.3 is 6.18 Å². The Bertz CT molecular complexity index is 389. The van der Waals surface area contributed by atoms with Crippen LogP contribution in [0.25, 0.3) is 0 Å². The summed E-state index contributed by atoms with van der Waals surface area (Å²) in [6.45, 7) is 4.63. The molecule has 1 rings (SSSR count). The van der Waals surface area contributed by atoms with Crippen LogP contribution >= 0.6 is 0 Å². The van der Waals surface area contributed by atoms with Gasteiger partial charge in [-0.05, 0) is 20.8 Å². The summed E-state index contributed by atoms with van der Waals surface area (Å²) in [5.74, 6) is -2.00. The molecule has 0 unspecified atom stereocenters. The number of aromatic nitrogens is 2. The Morgan fingerprint density at radius 2 is 1.69 bits per heavy atom. The molecule has 0 aliphatic heterocycles. The minimum Gasteiger partial charge on any atom is -0.490 e. The molecule has 1 aromatic heterocycles. The van der Waals surface area contributed by atoms with Crippen molar-refractivity contribution in [3.63, 3.8) is 0 Å². The van der Waals surface area contributed by atoms with Crippen molar-refractivity contribution in [2.24, 2.45) is 0 Å². The van der Waals surface area contributed by atoms with Crippen molar-refractivity contribution in [3.8, 4) is 5.75 Å². The van der Waals surface area contributed by atoms with Gasteiger partial charge in [-0.25, -0.2) is 4.68 Å². The quantitative estimate of drug-likeness (QED) is 0.706. The second-order valence-electron chi connectivity index (χ2n) is 4.25. The lowest BCUT2D eigenvalue weighted by molar-refractivity contribution is -0.142. The van der Waals surface area contributed by atoms with Crippen LogP contribution in [0, 0.1) is 5.95 Å². The van der Waals surface area contributed by atoms with Crippen LogP contribution in [0.3, 0.4) is 0 Å². The van der Waals surface area contributed by atoms with Gasteiger partial charge in [-0.2, -0.15) is 22.7 Å². The maximum absolute atomic E-state index is 13.6. The molecule has 0 spiro atoms. The minimum absolute atomic E-state index is 0.661. The third-order valence-electron chi connectivity index (χ3n) is 1.90. The molecule has 1 heterocycles. The maximum Gasteiger partial charge on any atom is 0.439 e. The fraction of sp³-hybridized carbons (Fsp3) is 0.667. The van der Waals surface area contributed by atoms with Gasteiger partial charge in [-0.3, -0.25) is 0 Å². The first-order chi connectivity index (χ1) is 7.09. The zero-order valence-electron chi connectivity index (χ0n) is 9.31. The van der Waals surface area contributed by atoms with Crippen molar-refractivity contribution in [2.45, 2.75) is 32.5 Å². The van der Waals surface area contributed by atoms with Crippen LogP contribution in [0.1, 0.15) is 26.5 Å². The molecule has 0 saturated carbocycles. The van der Waals surface area contributed by atoms with E-state index in [9.17, 15) is 17.6 Å². The lowest BCUT2D eigenvalue weighted by Crippen LogP contribution is -2.25. The average molecular weight is 240 g/mol. The standard InChI is InChI=1S/C9H12F4N2O/c1-8(2,3)15-7(10)5(16-4)6(14-15)9(11,12)13/h1-4H3. The Kier molecular flexibility index (Phi) is 2.91. The van der Waals surface area contributed by atoms with Crippen molar-refractivity contribution >= 4 is 0 Å². The number of alkyl halides is 3. The molecule has 0 bridgehead atoms. The van der Waals surface area contributed by atoms with Crippen LogP contribution in [0.5, 0.6) is 5.75 Å². The number of ether oxygens (including phenoxy) is 1. The number of nitrogens with zero attached hydrogens (tertiary/aromatic N) is 2. The van der Waals surface area contributed by atoms with Gasteiger partial charge in [0, 0.05) is 0 Å². The molecule has 0 saturated heterocycles. The highest BCUT2D eigenvalue weighted by Gasteiger charge is 2.42. The molecule has 0 amide bonds. The van der Waals surface area contributed by atoms with Gasteiger partial charge in [0.2, 0.25) is 11.4 Å². The summed E-state index contributed by atoms with van der Waals surface area (Å²) >= 11 is 0. The van der Waals surface area contributed by atoms with E-state index in [2.05, 4.69) is 9.84 Å². The van der Waals surface area contributed by atoms with Crippen molar-refractivity contribution in [3.05, 3.63) is 11.6 Å². The van der Waals surface area contributed by atoms with Crippen LogP contribution in [-0.4, -0.2) is 16.9 Å². The fourth-order valence-corrected chi connectivity index (χ4v) is 1.19. The van der Waals surface area contributed by atoms with Gasteiger partial charge in [0.05, 0.1) is 12.6 Å². The van der Waals surface area contributed by atoms with E-state index >= 15 is 0 Å². The lowest BCUT2D eigenvalue weighted by Gasteiger charge is -2.19. The Balaban J connectivity index is 3.44. The summed E-state index contributed by atoms with van der Waals surface area (Å²) < 4.78 is 56.1. The monoisotopic (exact) mass is 240 g/mol. The zero-order chi connectivity index (χ0) is 12.7. The topological polar surface area (TPSA) is 27.1 Å². The van der Waals surface area contributed by atoms with E-state index in [-0.39, 0.29) is 0 Å². The van der Waals surface area contributed by atoms with E-state index in [1.807, 2.05) is 0 Å². The smallest absolute Gasteiger partial charge is 0.439 e. The summed E-state index contributed by atoms with van der Waals surface area (Å²) in [6, 6.07) is 0. The molecule has 0 aliphatic carbocycles. The van der Waals surface area contributed by atoms with Crippen molar-refractivity contribution in [1.82, 2.24) is 9.78 Å². The number of hydrogen-bond donors (Lipinski definition) is 0. The van der Waals surface area contributed by atoms with Crippen molar-refractivity contribution < 1.29 is 22.3 Å².